The third kappa shape index (κ3) is 5.04. The molecular formula is C30H42N4O3. The molecule has 4 heterocycles. The van der Waals surface area contributed by atoms with Crippen LogP contribution in [-0.4, -0.2) is 56.7 Å². The molecule has 1 N–H and O–H groups in total. The van der Waals surface area contributed by atoms with Gasteiger partial charge in [-0.05, 0) is 69.4 Å². The predicted octanol–water partition coefficient (Wildman–Crippen LogP) is 5.37. The van der Waals surface area contributed by atoms with Crippen molar-refractivity contribution in [2.75, 3.05) is 18.0 Å². The van der Waals surface area contributed by atoms with Gasteiger partial charge < -0.3 is 14.6 Å². The van der Waals surface area contributed by atoms with Gasteiger partial charge in [-0.25, -0.2) is 4.98 Å². The second-order valence-corrected chi connectivity index (χ2v) is 12.1. The van der Waals surface area contributed by atoms with Crippen molar-refractivity contribution in [3.8, 4) is 0 Å². The quantitative estimate of drug-likeness (QED) is 0.588. The zero-order valence-electron chi connectivity index (χ0n) is 22.1. The van der Waals surface area contributed by atoms with Gasteiger partial charge in [0.2, 0.25) is 0 Å². The lowest BCUT2D eigenvalue weighted by Gasteiger charge is -2.45. The van der Waals surface area contributed by atoms with E-state index in [0.717, 1.165) is 42.8 Å². The third-order valence-electron chi connectivity index (χ3n) is 9.78. The number of aliphatic carboxylic acids is 1. The Kier molecular flexibility index (Phi) is 7.24. The molecule has 3 atom stereocenters. The Balaban J connectivity index is 1.27. The van der Waals surface area contributed by atoms with E-state index in [2.05, 4.69) is 20.4 Å². The van der Waals surface area contributed by atoms with Gasteiger partial charge >= 0.3 is 5.97 Å². The van der Waals surface area contributed by atoms with E-state index < -0.39 is 5.97 Å². The van der Waals surface area contributed by atoms with E-state index >= 15 is 0 Å². The van der Waals surface area contributed by atoms with Crippen LogP contribution in [0.4, 0.5) is 5.82 Å². The van der Waals surface area contributed by atoms with E-state index in [1.807, 2.05) is 18.2 Å². The molecule has 2 bridgehead atoms. The first-order valence-corrected chi connectivity index (χ1v) is 14.8. The molecule has 0 spiro atoms. The number of carboxylic acid groups (broad SMARTS) is 1. The van der Waals surface area contributed by atoms with Crippen molar-refractivity contribution in [3.05, 3.63) is 34.6 Å². The van der Waals surface area contributed by atoms with E-state index in [-0.39, 0.29) is 23.9 Å². The molecule has 1 saturated carbocycles. The summed E-state index contributed by atoms with van der Waals surface area (Å²) in [5.74, 6) is 0.0111. The summed E-state index contributed by atoms with van der Waals surface area (Å²) in [5, 5.41) is 9.19. The summed E-state index contributed by atoms with van der Waals surface area (Å²) < 4.78 is 2.10. The third-order valence-corrected chi connectivity index (χ3v) is 9.78. The maximum Gasteiger partial charge on any atom is 0.303 e. The SMILES string of the molecule is O=C(O)CC1CCN(c2nc3ccccc3n(C3C[C@H]4CC[C@@H](C3)N4C3CCCCCCC3)c2=O)CC1. The van der Waals surface area contributed by atoms with Crippen LogP contribution >= 0.6 is 0 Å². The lowest BCUT2D eigenvalue weighted by atomic mass is 9.89. The van der Waals surface area contributed by atoms with Crippen LogP contribution in [0.25, 0.3) is 11.0 Å². The van der Waals surface area contributed by atoms with Crippen molar-refractivity contribution < 1.29 is 9.90 Å². The maximum atomic E-state index is 14.1. The molecule has 7 nitrogen and oxygen atoms in total. The van der Waals surface area contributed by atoms with Crippen LogP contribution in [0.5, 0.6) is 0 Å². The monoisotopic (exact) mass is 506 g/mol. The number of carboxylic acids is 1. The Labute approximate surface area is 219 Å². The van der Waals surface area contributed by atoms with Crippen LogP contribution in [0.2, 0.25) is 0 Å². The van der Waals surface area contributed by atoms with E-state index in [1.54, 1.807) is 0 Å². The van der Waals surface area contributed by atoms with Crippen LogP contribution in [0.1, 0.15) is 95.9 Å². The molecular weight excluding hydrogens is 464 g/mol. The standard InChI is InChI=1S/C30H42N4O3/c35-28(36)18-21-14-16-32(17-15-21)29-30(37)34(27-11-7-6-10-26(27)31-29)25-19-23-12-13-24(20-25)33(23)22-8-4-2-1-3-5-9-22/h6-7,10-11,21-25H,1-5,8-9,12-20H2,(H,35,36)/t23-,24+,25?. The molecule has 200 valence electrons. The molecule has 37 heavy (non-hydrogen) atoms. The fraction of sp³-hybridized carbons (Fsp3) is 0.700. The number of aromatic nitrogens is 2. The number of para-hydroxylation sites is 2. The number of nitrogens with zero attached hydrogens (tertiary/aromatic N) is 4. The van der Waals surface area contributed by atoms with Crippen molar-refractivity contribution >= 4 is 22.8 Å². The zero-order valence-corrected chi connectivity index (χ0v) is 22.1. The number of benzene rings is 1. The number of rotatable bonds is 5. The Bertz CT molecular complexity index is 1150. The van der Waals surface area contributed by atoms with Crippen LogP contribution < -0.4 is 10.5 Å². The Morgan fingerprint density at radius 3 is 2.16 bits per heavy atom. The van der Waals surface area contributed by atoms with Gasteiger partial charge in [0, 0.05) is 43.7 Å². The molecule has 1 aromatic heterocycles. The Morgan fingerprint density at radius 2 is 1.49 bits per heavy atom. The normalized spacial score (nSPS) is 28.3. The number of hydrogen-bond acceptors (Lipinski definition) is 5. The van der Waals surface area contributed by atoms with Crippen LogP contribution in [0, 0.1) is 5.92 Å². The Morgan fingerprint density at radius 1 is 0.838 bits per heavy atom. The molecule has 0 radical (unpaired) electrons. The second kappa shape index (κ2) is 10.8. The molecule has 7 heteroatoms. The number of piperidine rings is 2. The summed E-state index contributed by atoms with van der Waals surface area (Å²) in [6, 6.07) is 10.2. The first-order chi connectivity index (χ1) is 18.1. The number of fused-ring (bicyclic) bond motifs is 3. The summed E-state index contributed by atoms with van der Waals surface area (Å²) >= 11 is 0. The van der Waals surface area contributed by atoms with Crippen molar-refractivity contribution in [3.63, 3.8) is 0 Å². The van der Waals surface area contributed by atoms with Gasteiger partial charge in [-0.2, -0.15) is 0 Å². The lowest BCUT2D eigenvalue weighted by Crippen LogP contribution is -2.50. The van der Waals surface area contributed by atoms with Gasteiger partial charge in [-0.1, -0.05) is 44.2 Å². The highest BCUT2D eigenvalue weighted by atomic mass is 16.4. The molecule has 3 saturated heterocycles. The first kappa shape index (κ1) is 24.9. The van der Waals surface area contributed by atoms with Crippen molar-refractivity contribution in [1.82, 2.24) is 14.5 Å². The highest BCUT2D eigenvalue weighted by molar-refractivity contribution is 5.76. The second-order valence-electron chi connectivity index (χ2n) is 12.1. The Hall–Kier alpha value is -2.41. The molecule has 4 aliphatic rings. The van der Waals surface area contributed by atoms with Gasteiger partial charge in [0.1, 0.15) is 0 Å². The minimum atomic E-state index is -0.731. The van der Waals surface area contributed by atoms with E-state index in [4.69, 9.17) is 4.98 Å². The lowest BCUT2D eigenvalue weighted by molar-refractivity contribution is -0.138. The average Bonchev–Trinajstić information content (AvgIpc) is 3.12. The molecule has 4 fully saturated rings. The minimum Gasteiger partial charge on any atom is -0.481 e. The molecule has 0 amide bonds. The topological polar surface area (TPSA) is 78.7 Å². The van der Waals surface area contributed by atoms with Crippen molar-refractivity contribution in [1.29, 1.82) is 0 Å². The van der Waals surface area contributed by atoms with E-state index in [1.165, 1.54) is 57.8 Å². The van der Waals surface area contributed by atoms with Gasteiger partial charge in [0.05, 0.1) is 11.0 Å². The summed E-state index contributed by atoms with van der Waals surface area (Å²) in [7, 11) is 0. The number of carbonyl (C=O) groups is 1. The van der Waals surface area contributed by atoms with Gasteiger partial charge in [-0.3, -0.25) is 14.5 Å². The van der Waals surface area contributed by atoms with E-state index in [9.17, 15) is 14.7 Å². The maximum absolute atomic E-state index is 14.1. The van der Waals surface area contributed by atoms with Crippen molar-refractivity contribution in [2.45, 2.75) is 114 Å². The van der Waals surface area contributed by atoms with Crippen LogP contribution in [-0.2, 0) is 4.79 Å². The molecule has 1 aliphatic carbocycles. The van der Waals surface area contributed by atoms with Gasteiger partial charge in [0.25, 0.3) is 5.56 Å². The summed E-state index contributed by atoms with van der Waals surface area (Å²) in [5.41, 5.74) is 1.89. The largest absolute Gasteiger partial charge is 0.481 e. The molecule has 3 aliphatic heterocycles. The summed E-state index contributed by atoms with van der Waals surface area (Å²) in [4.78, 5) is 35.1. The number of hydrogen-bond donors (Lipinski definition) is 1. The molecule has 1 aromatic carbocycles. The predicted molar refractivity (Wildman–Crippen MR) is 146 cm³/mol. The summed E-state index contributed by atoms with van der Waals surface area (Å²) in [6.07, 6.45) is 16.0. The highest BCUT2D eigenvalue weighted by Gasteiger charge is 2.44. The smallest absolute Gasteiger partial charge is 0.303 e. The van der Waals surface area contributed by atoms with Crippen LogP contribution in [0.3, 0.4) is 0 Å². The van der Waals surface area contributed by atoms with E-state index in [0.29, 0.717) is 31.0 Å². The zero-order chi connectivity index (χ0) is 25.4. The average molecular weight is 507 g/mol. The fourth-order valence-electron chi connectivity index (χ4n) is 8.03. The minimum absolute atomic E-state index is 0.0409. The summed E-state index contributed by atoms with van der Waals surface area (Å²) in [6.45, 7) is 1.40. The van der Waals surface area contributed by atoms with Gasteiger partial charge in [-0.15, -0.1) is 0 Å². The van der Waals surface area contributed by atoms with Crippen LogP contribution in [0.15, 0.2) is 29.1 Å². The van der Waals surface area contributed by atoms with Crippen molar-refractivity contribution in [2.24, 2.45) is 5.92 Å². The fourth-order valence-corrected chi connectivity index (χ4v) is 8.03. The van der Waals surface area contributed by atoms with Gasteiger partial charge in [0.15, 0.2) is 5.82 Å². The molecule has 6 rings (SSSR count). The highest BCUT2D eigenvalue weighted by Crippen LogP contribution is 2.44. The number of anilines is 1. The molecule has 2 aromatic rings. The first-order valence-electron chi connectivity index (χ1n) is 14.8. The molecule has 1 unspecified atom stereocenters.